The second kappa shape index (κ2) is 4.37. The molecule has 84 valence electrons. The average Bonchev–Trinajstić information content (AvgIpc) is 2.32. The van der Waals surface area contributed by atoms with Gasteiger partial charge in [-0.2, -0.15) is 4.99 Å². The minimum atomic E-state index is -0.0844. The first-order chi connectivity index (χ1) is 7.77. The van der Waals surface area contributed by atoms with Crippen LogP contribution in [0.4, 0.5) is 5.69 Å². The lowest BCUT2D eigenvalue weighted by Gasteiger charge is -2.31. The van der Waals surface area contributed by atoms with Crippen molar-refractivity contribution in [1.29, 1.82) is 0 Å². The molecule has 1 aliphatic heterocycles. The fourth-order valence-corrected chi connectivity index (χ4v) is 2.16. The fraction of sp³-hybridized carbons (Fsp3) is 0.417. The molecule has 1 heterocycles. The highest BCUT2D eigenvalue weighted by atomic mass is 16.5. The Morgan fingerprint density at radius 3 is 3.06 bits per heavy atom. The number of rotatable bonds is 2. The number of benzene rings is 1. The summed E-state index contributed by atoms with van der Waals surface area (Å²) in [6.45, 7) is 0.864. The Hall–Kier alpha value is -1.80. The van der Waals surface area contributed by atoms with Crippen LogP contribution in [0, 0.1) is 0 Å². The Bertz CT molecular complexity index is 439. The standard InChI is InChI=1S/C12H14N2O2/c1-14-7-6-10(13-8-15)9-4-3-5-11(16-2)12(9)14/h3-5,10H,6-7H2,1-2H3. The molecular weight excluding hydrogens is 204 g/mol. The second-order valence-corrected chi connectivity index (χ2v) is 3.84. The smallest absolute Gasteiger partial charge is 0.235 e. The van der Waals surface area contributed by atoms with Gasteiger partial charge >= 0.3 is 0 Å². The summed E-state index contributed by atoms with van der Waals surface area (Å²) in [6, 6.07) is 5.74. The number of ether oxygens (including phenoxy) is 1. The van der Waals surface area contributed by atoms with Crippen molar-refractivity contribution >= 4 is 11.8 Å². The quantitative estimate of drug-likeness (QED) is 0.562. The molecule has 0 aliphatic carbocycles. The summed E-state index contributed by atoms with van der Waals surface area (Å²) < 4.78 is 5.33. The van der Waals surface area contributed by atoms with Gasteiger partial charge in [-0.1, -0.05) is 12.1 Å². The van der Waals surface area contributed by atoms with E-state index in [0.717, 1.165) is 30.0 Å². The molecule has 0 saturated heterocycles. The molecule has 1 aromatic carbocycles. The maximum Gasteiger partial charge on any atom is 0.235 e. The number of anilines is 1. The van der Waals surface area contributed by atoms with Crippen LogP contribution >= 0.6 is 0 Å². The zero-order valence-electron chi connectivity index (χ0n) is 9.43. The van der Waals surface area contributed by atoms with Crippen LogP contribution in [0.1, 0.15) is 18.0 Å². The summed E-state index contributed by atoms with van der Waals surface area (Å²) in [5.41, 5.74) is 2.07. The molecule has 4 nitrogen and oxygen atoms in total. The van der Waals surface area contributed by atoms with Crippen LogP contribution in [0.15, 0.2) is 23.2 Å². The SMILES string of the molecule is COc1cccc2c1N(C)CCC2N=C=O. The Morgan fingerprint density at radius 2 is 2.38 bits per heavy atom. The summed E-state index contributed by atoms with van der Waals surface area (Å²) in [5.74, 6) is 0.825. The van der Waals surface area contributed by atoms with Crippen molar-refractivity contribution in [1.82, 2.24) is 0 Å². The van der Waals surface area contributed by atoms with Crippen LogP contribution in [0.25, 0.3) is 0 Å². The minimum Gasteiger partial charge on any atom is -0.495 e. The highest BCUT2D eigenvalue weighted by Gasteiger charge is 2.25. The first-order valence-electron chi connectivity index (χ1n) is 5.23. The molecule has 1 aliphatic rings. The maximum atomic E-state index is 10.4. The molecular formula is C12H14N2O2. The van der Waals surface area contributed by atoms with Crippen molar-refractivity contribution in [2.45, 2.75) is 12.5 Å². The lowest BCUT2D eigenvalue weighted by atomic mass is 9.97. The Morgan fingerprint density at radius 1 is 1.56 bits per heavy atom. The van der Waals surface area contributed by atoms with Gasteiger partial charge in [-0.3, -0.25) is 0 Å². The summed E-state index contributed by atoms with van der Waals surface area (Å²) in [5, 5.41) is 0. The van der Waals surface area contributed by atoms with E-state index in [0.29, 0.717) is 0 Å². The van der Waals surface area contributed by atoms with Crippen LogP contribution in [0.3, 0.4) is 0 Å². The molecule has 16 heavy (non-hydrogen) atoms. The monoisotopic (exact) mass is 218 g/mol. The van der Waals surface area contributed by atoms with Crippen molar-refractivity contribution in [2.24, 2.45) is 4.99 Å². The fourth-order valence-electron chi connectivity index (χ4n) is 2.16. The maximum absolute atomic E-state index is 10.4. The van der Waals surface area contributed by atoms with Gasteiger partial charge in [0.25, 0.3) is 0 Å². The van der Waals surface area contributed by atoms with Crippen LogP contribution in [-0.4, -0.2) is 26.8 Å². The second-order valence-electron chi connectivity index (χ2n) is 3.84. The van der Waals surface area contributed by atoms with Gasteiger partial charge in [-0.15, -0.1) is 0 Å². The summed E-state index contributed by atoms with van der Waals surface area (Å²) in [7, 11) is 3.66. The van der Waals surface area contributed by atoms with Crippen molar-refractivity contribution < 1.29 is 9.53 Å². The molecule has 0 aromatic heterocycles. The first-order valence-corrected chi connectivity index (χ1v) is 5.23. The third-order valence-corrected chi connectivity index (χ3v) is 2.94. The number of isocyanates is 1. The molecule has 0 N–H and O–H groups in total. The van der Waals surface area contributed by atoms with Crippen molar-refractivity contribution in [3.63, 3.8) is 0 Å². The lowest BCUT2D eigenvalue weighted by molar-refractivity contribution is 0.411. The van der Waals surface area contributed by atoms with Crippen molar-refractivity contribution in [2.75, 3.05) is 25.6 Å². The summed E-state index contributed by atoms with van der Waals surface area (Å²) in [6.07, 6.45) is 2.49. The van der Waals surface area contributed by atoms with Gasteiger partial charge in [0.15, 0.2) is 0 Å². The third-order valence-electron chi connectivity index (χ3n) is 2.94. The number of hydrogen-bond donors (Lipinski definition) is 0. The number of aliphatic imine (C=N–C) groups is 1. The zero-order valence-corrected chi connectivity index (χ0v) is 9.43. The van der Waals surface area contributed by atoms with Gasteiger partial charge < -0.3 is 9.64 Å². The molecule has 4 heteroatoms. The molecule has 1 unspecified atom stereocenters. The van der Waals surface area contributed by atoms with E-state index in [-0.39, 0.29) is 6.04 Å². The van der Waals surface area contributed by atoms with Crippen LogP contribution in [0.2, 0.25) is 0 Å². The Balaban J connectivity index is 2.54. The number of para-hydroxylation sites is 1. The predicted octanol–water partition coefficient (Wildman–Crippen LogP) is 1.91. The molecule has 0 amide bonds. The van der Waals surface area contributed by atoms with Crippen molar-refractivity contribution in [3.8, 4) is 5.75 Å². The molecule has 0 bridgehead atoms. The van der Waals surface area contributed by atoms with E-state index < -0.39 is 0 Å². The molecule has 2 rings (SSSR count). The lowest BCUT2D eigenvalue weighted by Crippen LogP contribution is -2.27. The zero-order chi connectivity index (χ0) is 11.5. The third kappa shape index (κ3) is 1.68. The number of hydrogen-bond acceptors (Lipinski definition) is 4. The van der Waals surface area contributed by atoms with E-state index in [1.807, 2.05) is 25.2 Å². The molecule has 1 aromatic rings. The summed E-state index contributed by atoms with van der Waals surface area (Å²) in [4.78, 5) is 16.4. The van der Waals surface area contributed by atoms with Gasteiger partial charge in [0, 0.05) is 19.2 Å². The van der Waals surface area contributed by atoms with Gasteiger partial charge in [0.2, 0.25) is 6.08 Å². The van der Waals surface area contributed by atoms with Crippen LogP contribution in [-0.2, 0) is 4.79 Å². The largest absolute Gasteiger partial charge is 0.495 e. The number of fused-ring (bicyclic) bond motifs is 1. The van der Waals surface area contributed by atoms with E-state index in [1.165, 1.54) is 0 Å². The van der Waals surface area contributed by atoms with Gasteiger partial charge in [-0.05, 0) is 12.5 Å². The Kier molecular flexibility index (Phi) is 2.93. The predicted molar refractivity (Wildman–Crippen MR) is 61.7 cm³/mol. The van der Waals surface area contributed by atoms with E-state index in [4.69, 9.17) is 4.74 Å². The summed E-state index contributed by atoms with van der Waals surface area (Å²) >= 11 is 0. The van der Waals surface area contributed by atoms with Crippen molar-refractivity contribution in [3.05, 3.63) is 23.8 Å². The highest BCUT2D eigenvalue weighted by molar-refractivity contribution is 5.66. The molecule has 0 saturated carbocycles. The van der Waals surface area contributed by atoms with Gasteiger partial charge in [0.05, 0.1) is 18.8 Å². The Labute approximate surface area is 94.5 Å². The number of carbonyl (C=O) groups excluding carboxylic acids is 1. The van der Waals surface area contributed by atoms with Gasteiger partial charge in [0.1, 0.15) is 5.75 Å². The van der Waals surface area contributed by atoms with E-state index in [9.17, 15) is 4.79 Å². The first kappa shape index (κ1) is 10.7. The van der Waals surface area contributed by atoms with Crippen LogP contribution < -0.4 is 9.64 Å². The highest BCUT2D eigenvalue weighted by Crippen LogP contribution is 2.41. The number of nitrogens with zero attached hydrogens (tertiary/aromatic N) is 2. The molecule has 0 radical (unpaired) electrons. The average molecular weight is 218 g/mol. The molecule has 0 spiro atoms. The number of methoxy groups -OCH3 is 1. The van der Waals surface area contributed by atoms with E-state index in [2.05, 4.69) is 9.89 Å². The molecule has 0 fully saturated rings. The van der Waals surface area contributed by atoms with Gasteiger partial charge in [-0.25, -0.2) is 4.79 Å². The van der Waals surface area contributed by atoms with E-state index in [1.54, 1.807) is 13.2 Å². The topological polar surface area (TPSA) is 41.9 Å². The normalized spacial score (nSPS) is 18.6. The minimum absolute atomic E-state index is 0.0844. The van der Waals surface area contributed by atoms with E-state index >= 15 is 0 Å². The van der Waals surface area contributed by atoms with Crippen LogP contribution in [0.5, 0.6) is 5.75 Å². The molecule has 1 atom stereocenters.